The van der Waals surface area contributed by atoms with Crippen LogP contribution in [0.25, 0.3) is 0 Å². The molecule has 9 nitrogen and oxygen atoms in total. The molecule has 2 aromatic rings. The maximum absolute atomic E-state index is 13.1. The lowest BCUT2D eigenvalue weighted by atomic mass is 10.0. The SMILES string of the molecule is CCCCN1C(=O)C(=O)N(CC(=O)N2N=C(c3ccc(Cl)cc3)CC2c2ccco2)C1=O. The van der Waals surface area contributed by atoms with Gasteiger partial charge in [0, 0.05) is 18.0 Å². The molecule has 0 spiro atoms. The molecule has 4 rings (SSSR count). The zero-order chi connectivity index (χ0) is 22.8. The molecule has 0 bridgehead atoms. The van der Waals surface area contributed by atoms with Gasteiger partial charge in [-0.05, 0) is 36.2 Å². The monoisotopic (exact) mass is 456 g/mol. The van der Waals surface area contributed by atoms with Gasteiger partial charge < -0.3 is 4.42 Å². The molecule has 5 amide bonds. The lowest BCUT2D eigenvalue weighted by molar-refractivity contribution is -0.145. The molecule has 1 unspecified atom stereocenters. The number of benzene rings is 1. The molecule has 0 radical (unpaired) electrons. The van der Waals surface area contributed by atoms with E-state index in [-0.39, 0.29) is 6.54 Å². The summed E-state index contributed by atoms with van der Waals surface area (Å²) in [4.78, 5) is 51.8. The number of carbonyl (C=O) groups excluding carboxylic acids is 4. The number of hydrogen-bond donors (Lipinski definition) is 0. The van der Waals surface area contributed by atoms with Crippen LogP contribution in [0.1, 0.15) is 43.6 Å². The van der Waals surface area contributed by atoms with Crippen LogP contribution in [0.15, 0.2) is 52.2 Å². The van der Waals surface area contributed by atoms with E-state index >= 15 is 0 Å². The molecule has 1 aromatic carbocycles. The molecular weight excluding hydrogens is 436 g/mol. The van der Waals surface area contributed by atoms with Gasteiger partial charge in [-0.2, -0.15) is 5.10 Å². The van der Waals surface area contributed by atoms with Gasteiger partial charge in [-0.25, -0.2) is 14.7 Å². The van der Waals surface area contributed by atoms with Crippen LogP contribution in [-0.2, 0) is 14.4 Å². The summed E-state index contributed by atoms with van der Waals surface area (Å²) in [7, 11) is 0. The van der Waals surface area contributed by atoms with E-state index in [1.807, 2.05) is 6.92 Å². The van der Waals surface area contributed by atoms with Crippen molar-refractivity contribution in [1.82, 2.24) is 14.8 Å². The third kappa shape index (κ3) is 4.03. The average Bonchev–Trinajstić information content (AvgIpc) is 3.50. The van der Waals surface area contributed by atoms with Crippen molar-refractivity contribution < 1.29 is 23.6 Å². The largest absolute Gasteiger partial charge is 0.467 e. The summed E-state index contributed by atoms with van der Waals surface area (Å²) in [6.45, 7) is 1.47. The van der Waals surface area contributed by atoms with Gasteiger partial charge in [0.15, 0.2) is 0 Å². The van der Waals surface area contributed by atoms with Crippen molar-refractivity contribution in [2.75, 3.05) is 13.1 Å². The van der Waals surface area contributed by atoms with Crippen molar-refractivity contribution in [3.63, 3.8) is 0 Å². The van der Waals surface area contributed by atoms with Gasteiger partial charge >= 0.3 is 17.8 Å². The first kappa shape index (κ1) is 21.8. The van der Waals surface area contributed by atoms with Crippen molar-refractivity contribution in [1.29, 1.82) is 0 Å². The van der Waals surface area contributed by atoms with Crippen LogP contribution in [0, 0.1) is 0 Å². The Labute approximate surface area is 189 Å². The van der Waals surface area contributed by atoms with Crippen LogP contribution >= 0.6 is 11.6 Å². The number of unbranched alkanes of at least 4 members (excludes halogenated alkanes) is 1. The second-order valence-electron chi connectivity index (χ2n) is 7.51. The lowest BCUT2D eigenvalue weighted by Gasteiger charge is -2.22. The number of halogens is 1. The minimum Gasteiger partial charge on any atom is -0.467 e. The summed E-state index contributed by atoms with van der Waals surface area (Å²) >= 11 is 5.96. The second-order valence-corrected chi connectivity index (χ2v) is 7.95. The highest BCUT2D eigenvalue weighted by atomic mass is 35.5. The number of urea groups is 1. The van der Waals surface area contributed by atoms with E-state index in [1.54, 1.807) is 36.4 Å². The molecule has 1 aromatic heterocycles. The fourth-order valence-electron chi connectivity index (χ4n) is 3.67. The number of amides is 5. The summed E-state index contributed by atoms with van der Waals surface area (Å²) < 4.78 is 5.49. The Balaban J connectivity index is 1.57. The highest BCUT2D eigenvalue weighted by Gasteiger charge is 2.46. The molecule has 32 heavy (non-hydrogen) atoms. The summed E-state index contributed by atoms with van der Waals surface area (Å²) in [5.74, 6) is -1.99. The molecule has 2 aliphatic heterocycles. The Kier molecular flexibility index (Phi) is 6.09. The van der Waals surface area contributed by atoms with Gasteiger partial charge in [0.2, 0.25) is 0 Å². The minimum atomic E-state index is -1.00. The number of rotatable bonds is 7. The summed E-state index contributed by atoms with van der Waals surface area (Å²) in [5, 5.41) is 6.24. The fourth-order valence-corrected chi connectivity index (χ4v) is 3.80. The third-order valence-corrected chi connectivity index (χ3v) is 5.63. The molecule has 1 fully saturated rings. The van der Waals surface area contributed by atoms with Crippen LogP contribution in [0.2, 0.25) is 5.02 Å². The topological polar surface area (TPSA) is 104 Å². The Bertz CT molecular complexity index is 1080. The van der Waals surface area contributed by atoms with E-state index < -0.39 is 36.3 Å². The van der Waals surface area contributed by atoms with Crippen LogP contribution in [0.3, 0.4) is 0 Å². The van der Waals surface area contributed by atoms with Gasteiger partial charge in [0.1, 0.15) is 18.3 Å². The Morgan fingerprint density at radius 2 is 1.84 bits per heavy atom. The Morgan fingerprint density at radius 1 is 1.12 bits per heavy atom. The normalized spacial score (nSPS) is 18.7. The first-order valence-electron chi connectivity index (χ1n) is 10.3. The lowest BCUT2D eigenvalue weighted by Crippen LogP contribution is -2.42. The molecule has 2 aliphatic rings. The molecule has 0 N–H and O–H groups in total. The molecule has 0 saturated carbocycles. The first-order valence-corrected chi connectivity index (χ1v) is 10.6. The van der Waals surface area contributed by atoms with Crippen molar-refractivity contribution in [3.8, 4) is 0 Å². The minimum absolute atomic E-state index is 0.141. The third-order valence-electron chi connectivity index (χ3n) is 5.38. The van der Waals surface area contributed by atoms with E-state index in [4.69, 9.17) is 16.0 Å². The molecule has 1 atom stereocenters. The quantitative estimate of drug-likeness (QED) is 0.470. The predicted octanol–water partition coefficient (Wildman–Crippen LogP) is 3.20. The highest BCUT2D eigenvalue weighted by Crippen LogP contribution is 2.33. The number of nitrogens with zero attached hydrogens (tertiary/aromatic N) is 4. The van der Waals surface area contributed by atoms with Crippen molar-refractivity contribution >= 4 is 41.1 Å². The van der Waals surface area contributed by atoms with Crippen LogP contribution in [0.4, 0.5) is 4.79 Å². The molecule has 1 saturated heterocycles. The number of imide groups is 2. The Morgan fingerprint density at radius 3 is 2.50 bits per heavy atom. The predicted molar refractivity (Wildman–Crippen MR) is 115 cm³/mol. The summed E-state index contributed by atoms with van der Waals surface area (Å²) in [6, 6.07) is 9.16. The highest BCUT2D eigenvalue weighted by molar-refractivity contribution is 6.45. The molecule has 10 heteroatoms. The molecule has 166 valence electrons. The maximum atomic E-state index is 13.1. The zero-order valence-corrected chi connectivity index (χ0v) is 18.1. The van der Waals surface area contributed by atoms with Crippen molar-refractivity contribution in [3.05, 3.63) is 59.0 Å². The summed E-state index contributed by atoms with van der Waals surface area (Å²) in [5.41, 5.74) is 1.42. The number of furan rings is 1. The van der Waals surface area contributed by atoms with Gasteiger partial charge in [0.25, 0.3) is 5.91 Å². The maximum Gasteiger partial charge on any atom is 0.334 e. The van der Waals surface area contributed by atoms with Crippen LogP contribution < -0.4 is 0 Å². The number of carbonyl (C=O) groups is 4. The molecule has 0 aliphatic carbocycles. The molecular formula is C22H21ClN4O5. The van der Waals surface area contributed by atoms with Gasteiger partial charge in [-0.15, -0.1) is 0 Å². The fraction of sp³-hybridized carbons (Fsp3) is 0.318. The molecule has 3 heterocycles. The van der Waals surface area contributed by atoms with E-state index in [1.165, 1.54) is 11.3 Å². The second kappa shape index (κ2) is 8.96. The first-order chi connectivity index (χ1) is 15.4. The van der Waals surface area contributed by atoms with E-state index in [0.29, 0.717) is 34.2 Å². The van der Waals surface area contributed by atoms with E-state index in [2.05, 4.69) is 5.10 Å². The van der Waals surface area contributed by atoms with Crippen LogP contribution in [0.5, 0.6) is 0 Å². The van der Waals surface area contributed by atoms with Crippen LogP contribution in [-0.4, -0.2) is 57.4 Å². The number of hydrogen-bond acceptors (Lipinski definition) is 6. The summed E-state index contributed by atoms with van der Waals surface area (Å²) in [6.07, 6.45) is 3.21. The smallest absolute Gasteiger partial charge is 0.334 e. The zero-order valence-electron chi connectivity index (χ0n) is 17.4. The number of hydrazone groups is 1. The van der Waals surface area contributed by atoms with Gasteiger partial charge in [-0.1, -0.05) is 37.1 Å². The van der Waals surface area contributed by atoms with Crippen molar-refractivity contribution in [2.45, 2.75) is 32.2 Å². The van der Waals surface area contributed by atoms with Gasteiger partial charge in [-0.3, -0.25) is 19.3 Å². The van der Waals surface area contributed by atoms with E-state index in [9.17, 15) is 19.2 Å². The van der Waals surface area contributed by atoms with E-state index in [0.717, 1.165) is 16.9 Å². The average molecular weight is 457 g/mol. The Hall–Kier alpha value is -3.46. The van der Waals surface area contributed by atoms with Crippen molar-refractivity contribution in [2.24, 2.45) is 5.10 Å². The van der Waals surface area contributed by atoms with Gasteiger partial charge in [0.05, 0.1) is 12.0 Å². The standard InChI is InChI=1S/C22H21ClN4O5/c1-2-3-10-25-20(29)21(30)26(22(25)31)13-19(28)27-17(18-5-4-11-32-18)12-16(24-27)14-6-8-15(23)9-7-14/h4-9,11,17H,2-3,10,12-13H2,1H3.